The van der Waals surface area contributed by atoms with Crippen molar-refractivity contribution in [3.63, 3.8) is 0 Å². The Hall–Kier alpha value is -2.00. The van der Waals surface area contributed by atoms with E-state index in [0.717, 1.165) is 0 Å². The predicted molar refractivity (Wildman–Crippen MR) is 79.3 cm³/mol. The van der Waals surface area contributed by atoms with E-state index in [0.29, 0.717) is 17.9 Å². The second-order valence-corrected chi connectivity index (χ2v) is 4.96. The molecule has 0 aliphatic carbocycles. The van der Waals surface area contributed by atoms with Crippen LogP contribution >= 0.6 is 11.8 Å². The van der Waals surface area contributed by atoms with Crippen molar-refractivity contribution in [3.05, 3.63) is 35.9 Å². The molecule has 20 heavy (non-hydrogen) atoms. The second kappa shape index (κ2) is 8.99. The lowest BCUT2D eigenvalue weighted by Gasteiger charge is -2.17. The Balaban J connectivity index is 2.60. The molecule has 1 rings (SSSR count). The standard InChI is InChI=1S/C14H17N3O2S/c1-20-10-12(14(19)16-9-5-8-15)17-13(18)11-6-3-2-4-7-11/h2-4,6-7,12H,5,9-10H2,1H3,(H,16,19)(H,17,18). The molecule has 6 heteroatoms. The second-order valence-electron chi connectivity index (χ2n) is 4.05. The minimum absolute atomic E-state index is 0.254. The van der Waals surface area contributed by atoms with Crippen LogP contribution in [0.3, 0.4) is 0 Å². The van der Waals surface area contributed by atoms with Crippen LogP contribution in [0.1, 0.15) is 16.8 Å². The lowest BCUT2D eigenvalue weighted by molar-refractivity contribution is -0.122. The van der Waals surface area contributed by atoms with Crippen LogP contribution in [0.15, 0.2) is 30.3 Å². The summed E-state index contributed by atoms with van der Waals surface area (Å²) in [6.07, 6.45) is 2.12. The molecule has 0 saturated carbocycles. The van der Waals surface area contributed by atoms with Crippen molar-refractivity contribution in [2.24, 2.45) is 0 Å². The molecule has 0 aromatic heterocycles. The number of thioether (sulfide) groups is 1. The molecule has 0 aliphatic rings. The Morgan fingerprint density at radius 3 is 2.65 bits per heavy atom. The fourth-order valence-electron chi connectivity index (χ4n) is 1.55. The number of amides is 2. The molecule has 0 fully saturated rings. The normalized spacial score (nSPS) is 11.2. The van der Waals surface area contributed by atoms with Crippen molar-refractivity contribution in [2.75, 3.05) is 18.6 Å². The Labute approximate surface area is 122 Å². The van der Waals surface area contributed by atoms with Crippen molar-refractivity contribution >= 4 is 23.6 Å². The van der Waals surface area contributed by atoms with Gasteiger partial charge >= 0.3 is 0 Å². The summed E-state index contributed by atoms with van der Waals surface area (Å²) in [5.74, 6) is -0.0595. The van der Waals surface area contributed by atoms with Gasteiger partial charge in [0, 0.05) is 17.9 Å². The minimum atomic E-state index is -0.601. The molecule has 0 radical (unpaired) electrons. The highest BCUT2D eigenvalue weighted by molar-refractivity contribution is 7.98. The van der Waals surface area contributed by atoms with Crippen LogP contribution in [-0.2, 0) is 4.79 Å². The van der Waals surface area contributed by atoms with Crippen molar-refractivity contribution in [1.82, 2.24) is 10.6 Å². The monoisotopic (exact) mass is 291 g/mol. The van der Waals surface area contributed by atoms with Gasteiger partial charge in [0.25, 0.3) is 5.91 Å². The quantitative estimate of drug-likeness (QED) is 0.739. The molecule has 1 aromatic rings. The van der Waals surface area contributed by atoms with E-state index in [9.17, 15) is 9.59 Å². The Morgan fingerprint density at radius 2 is 2.05 bits per heavy atom. The van der Waals surface area contributed by atoms with Gasteiger partial charge in [-0.15, -0.1) is 0 Å². The number of nitrogens with one attached hydrogen (secondary N) is 2. The van der Waals surface area contributed by atoms with Crippen LogP contribution in [0, 0.1) is 11.3 Å². The lowest BCUT2D eigenvalue weighted by atomic mass is 10.2. The predicted octanol–water partition coefficient (Wildman–Crippen LogP) is 1.18. The summed E-state index contributed by atoms with van der Waals surface area (Å²) in [6.45, 7) is 0.293. The highest BCUT2D eigenvalue weighted by Crippen LogP contribution is 2.02. The van der Waals surface area contributed by atoms with Gasteiger partial charge in [-0.3, -0.25) is 9.59 Å². The first-order valence-corrected chi connectivity index (χ1v) is 7.58. The van der Waals surface area contributed by atoms with Gasteiger partial charge in [-0.2, -0.15) is 17.0 Å². The molecular weight excluding hydrogens is 274 g/mol. The van der Waals surface area contributed by atoms with Crippen molar-refractivity contribution in [3.8, 4) is 6.07 Å². The number of hydrogen-bond donors (Lipinski definition) is 2. The fourth-order valence-corrected chi connectivity index (χ4v) is 2.11. The van der Waals surface area contributed by atoms with E-state index >= 15 is 0 Å². The molecule has 0 heterocycles. The van der Waals surface area contributed by atoms with Crippen molar-refractivity contribution in [2.45, 2.75) is 12.5 Å². The van der Waals surface area contributed by atoms with E-state index < -0.39 is 6.04 Å². The average Bonchev–Trinajstić information content (AvgIpc) is 2.47. The zero-order chi connectivity index (χ0) is 14.8. The van der Waals surface area contributed by atoms with Gasteiger partial charge in [-0.25, -0.2) is 0 Å². The molecule has 0 aliphatic heterocycles. The molecule has 2 N–H and O–H groups in total. The average molecular weight is 291 g/mol. The first kappa shape index (κ1) is 16.1. The van der Waals surface area contributed by atoms with E-state index in [1.165, 1.54) is 11.8 Å². The smallest absolute Gasteiger partial charge is 0.251 e. The number of nitriles is 1. The Bertz CT molecular complexity index is 485. The number of benzene rings is 1. The number of carbonyl (C=O) groups is 2. The Morgan fingerprint density at radius 1 is 1.35 bits per heavy atom. The largest absolute Gasteiger partial charge is 0.353 e. The van der Waals surface area contributed by atoms with Gasteiger partial charge in [-0.1, -0.05) is 18.2 Å². The van der Waals surface area contributed by atoms with E-state index in [4.69, 9.17) is 5.26 Å². The van der Waals surface area contributed by atoms with Gasteiger partial charge < -0.3 is 10.6 Å². The zero-order valence-electron chi connectivity index (χ0n) is 11.3. The third-order valence-electron chi connectivity index (χ3n) is 2.53. The fraction of sp³-hybridized carbons (Fsp3) is 0.357. The topological polar surface area (TPSA) is 82.0 Å². The van der Waals surface area contributed by atoms with Crippen molar-refractivity contribution in [1.29, 1.82) is 5.26 Å². The van der Waals surface area contributed by atoms with Gasteiger partial charge in [0.1, 0.15) is 6.04 Å². The first-order chi connectivity index (χ1) is 9.69. The third kappa shape index (κ3) is 5.33. The highest BCUT2D eigenvalue weighted by Gasteiger charge is 2.20. The van der Waals surface area contributed by atoms with Gasteiger partial charge in [-0.05, 0) is 18.4 Å². The van der Waals surface area contributed by atoms with Gasteiger partial charge in [0.05, 0.1) is 12.5 Å². The first-order valence-electron chi connectivity index (χ1n) is 6.18. The van der Waals surface area contributed by atoms with Crippen LogP contribution in [-0.4, -0.2) is 36.4 Å². The summed E-state index contributed by atoms with van der Waals surface area (Å²) in [7, 11) is 0. The molecule has 0 saturated heterocycles. The summed E-state index contributed by atoms with van der Waals surface area (Å²) < 4.78 is 0. The molecule has 1 atom stereocenters. The molecule has 2 amide bonds. The molecule has 5 nitrogen and oxygen atoms in total. The van der Waals surface area contributed by atoms with Crippen LogP contribution in [0.2, 0.25) is 0 Å². The maximum atomic E-state index is 12.0. The molecule has 1 unspecified atom stereocenters. The summed E-state index contributed by atoms with van der Waals surface area (Å²) in [6, 6.07) is 10.1. The summed E-state index contributed by atoms with van der Waals surface area (Å²) in [4.78, 5) is 23.9. The number of carbonyl (C=O) groups excluding carboxylic acids is 2. The lowest BCUT2D eigenvalue weighted by Crippen LogP contribution is -2.48. The summed E-state index contributed by atoms with van der Waals surface area (Å²) in [5, 5.41) is 13.8. The van der Waals surface area contributed by atoms with E-state index in [1.807, 2.05) is 18.4 Å². The zero-order valence-corrected chi connectivity index (χ0v) is 12.1. The van der Waals surface area contributed by atoms with Crippen molar-refractivity contribution < 1.29 is 9.59 Å². The molecular formula is C14H17N3O2S. The third-order valence-corrected chi connectivity index (χ3v) is 3.19. The molecule has 0 bridgehead atoms. The minimum Gasteiger partial charge on any atom is -0.353 e. The maximum absolute atomic E-state index is 12.0. The summed E-state index contributed by atoms with van der Waals surface area (Å²) >= 11 is 1.47. The van der Waals surface area contributed by atoms with E-state index in [-0.39, 0.29) is 18.2 Å². The van der Waals surface area contributed by atoms with Gasteiger partial charge in [0.15, 0.2) is 0 Å². The SMILES string of the molecule is CSCC(NC(=O)c1ccccc1)C(=O)NCCC#N. The van der Waals surface area contributed by atoms with Crippen LogP contribution in [0.5, 0.6) is 0 Å². The number of nitrogens with zero attached hydrogens (tertiary/aromatic N) is 1. The van der Waals surface area contributed by atoms with Crippen LogP contribution in [0.4, 0.5) is 0 Å². The maximum Gasteiger partial charge on any atom is 0.251 e. The highest BCUT2D eigenvalue weighted by atomic mass is 32.2. The summed E-state index contributed by atoms with van der Waals surface area (Å²) in [5.41, 5.74) is 0.517. The molecule has 106 valence electrons. The Kier molecular flexibility index (Phi) is 7.22. The molecule has 0 spiro atoms. The number of rotatable bonds is 7. The van der Waals surface area contributed by atoms with Crippen LogP contribution in [0.25, 0.3) is 0 Å². The molecule has 1 aromatic carbocycles. The van der Waals surface area contributed by atoms with Crippen LogP contribution < -0.4 is 10.6 Å². The van der Waals surface area contributed by atoms with Gasteiger partial charge in [0.2, 0.25) is 5.91 Å². The van der Waals surface area contributed by atoms with E-state index in [2.05, 4.69) is 10.6 Å². The van der Waals surface area contributed by atoms with E-state index in [1.54, 1.807) is 24.3 Å². The number of hydrogen-bond acceptors (Lipinski definition) is 4.